The smallest absolute Gasteiger partial charge is 0.270 e. The molecular formula is C14H15N5O. The number of imidazole rings is 1. The molecule has 6 nitrogen and oxygen atoms in total. The summed E-state index contributed by atoms with van der Waals surface area (Å²) in [5.41, 5.74) is 0.953. The molecule has 0 radical (unpaired) electrons. The molecule has 6 heteroatoms. The fraction of sp³-hybridized carbons (Fsp3) is 0.357. The van der Waals surface area contributed by atoms with Gasteiger partial charge >= 0.3 is 0 Å². The first-order valence-electron chi connectivity index (χ1n) is 6.65. The van der Waals surface area contributed by atoms with E-state index in [1.54, 1.807) is 24.7 Å². The molecule has 1 aliphatic heterocycles. The third-order valence-corrected chi connectivity index (χ3v) is 3.66. The maximum atomic E-state index is 12.4. The van der Waals surface area contributed by atoms with E-state index in [1.807, 2.05) is 11.0 Å². The normalized spacial score (nSPS) is 18.8. The number of hydrogen-bond acceptors (Lipinski definition) is 3. The van der Waals surface area contributed by atoms with E-state index < -0.39 is 0 Å². The Labute approximate surface area is 116 Å². The molecule has 0 aromatic carbocycles. The average molecular weight is 269 g/mol. The molecule has 3 heterocycles. The Hall–Kier alpha value is -2.55. The predicted molar refractivity (Wildman–Crippen MR) is 72.0 cm³/mol. The Morgan fingerprint density at radius 2 is 2.40 bits per heavy atom. The zero-order chi connectivity index (χ0) is 13.9. The van der Waals surface area contributed by atoms with Crippen molar-refractivity contribution in [3.8, 4) is 6.07 Å². The first-order valence-corrected chi connectivity index (χ1v) is 6.65. The molecule has 0 spiro atoms. The number of carbonyl (C=O) groups is 1. The topological polar surface area (TPSA) is 88.6 Å². The number of nitriles is 1. The Morgan fingerprint density at radius 1 is 1.50 bits per heavy atom. The van der Waals surface area contributed by atoms with Gasteiger partial charge in [-0.1, -0.05) is 0 Å². The summed E-state index contributed by atoms with van der Waals surface area (Å²) in [7, 11) is 0. The van der Waals surface area contributed by atoms with Gasteiger partial charge in [0.05, 0.1) is 5.56 Å². The van der Waals surface area contributed by atoms with E-state index in [0.717, 1.165) is 25.2 Å². The van der Waals surface area contributed by atoms with Crippen molar-refractivity contribution in [3.63, 3.8) is 0 Å². The second-order valence-corrected chi connectivity index (χ2v) is 4.98. The van der Waals surface area contributed by atoms with Crippen LogP contribution in [0.2, 0.25) is 0 Å². The van der Waals surface area contributed by atoms with Crippen molar-refractivity contribution in [3.05, 3.63) is 41.7 Å². The van der Waals surface area contributed by atoms with Crippen LogP contribution >= 0.6 is 0 Å². The minimum absolute atomic E-state index is 0.0530. The number of likely N-dealkylation sites (tertiary alicyclic amines) is 1. The SMILES string of the molecule is N#Cc1c[nH]c(C(=O)N2CCC[C@H](c3ncc[nH]3)C2)c1. The van der Waals surface area contributed by atoms with Gasteiger partial charge in [-0.3, -0.25) is 4.79 Å². The van der Waals surface area contributed by atoms with Gasteiger partial charge in [-0.05, 0) is 18.9 Å². The van der Waals surface area contributed by atoms with Crippen LogP contribution in [0.3, 0.4) is 0 Å². The van der Waals surface area contributed by atoms with Gasteiger partial charge in [-0.2, -0.15) is 5.26 Å². The van der Waals surface area contributed by atoms with Crippen molar-refractivity contribution in [2.75, 3.05) is 13.1 Å². The minimum atomic E-state index is -0.0530. The maximum absolute atomic E-state index is 12.4. The standard InChI is InChI=1S/C14H15N5O/c15-7-10-6-12(18-8-10)14(20)19-5-1-2-11(9-19)13-16-3-4-17-13/h3-4,6,8,11,18H,1-2,5,9H2,(H,16,17)/t11-/m0/s1. The van der Waals surface area contributed by atoms with E-state index >= 15 is 0 Å². The highest BCUT2D eigenvalue weighted by atomic mass is 16.2. The lowest BCUT2D eigenvalue weighted by atomic mass is 9.97. The van der Waals surface area contributed by atoms with Crippen LogP contribution in [0.1, 0.15) is 40.6 Å². The third-order valence-electron chi connectivity index (χ3n) is 3.66. The molecule has 0 bridgehead atoms. The van der Waals surface area contributed by atoms with Crippen LogP contribution in [0.25, 0.3) is 0 Å². The number of nitrogens with one attached hydrogen (secondary N) is 2. The molecule has 20 heavy (non-hydrogen) atoms. The molecule has 102 valence electrons. The van der Waals surface area contributed by atoms with Crippen molar-refractivity contribution in [2.24, 2.45) is 0 Å². The number of H-pyrrole nitrogens is 2. The number of hydrogen-bond donors (Lipinski definition) is 2. The summed E-state index contributed by atoms with van der Waals surface area (Å²) in [5.74, 6) is 1.14. The summed E-state index contributed by atoms with van der Waals surface area (Å²) < 4.78 is 0. The van der Waals surface area contributed by atoms with Crippen LogP contribution in [0.4, 0.5) is 0 Å². The van der Waals surface area contributed by atoms with Crippen LogP contribution in [0.5, 0.6) is 0 Å². The van der Waals surface area contributed by atoms with Gasteiger partial charge in [0.15, 0.2) is 0 Å². The minimum Gasteiger partial charge on any atom is -0.356 e. The molecule has 0 saturated carbocycles. The second-order valence-electron chi connectivity index (χ2n) is 4.98. The van der Waals surface area contributed by atoms with Crippen LogP contribution in [0, 0.1) is 11.3 Å². The van der Waals surface area contributed by atoms with E-state index in [2.05, 4.69) is 15.0 Å². The highest BCUT2D eigenvalue weighted by Gasteiger charge is 2.27. The Morgan fingerprint density at radius 3 is 3.10 bits per heavy atom. The number of rotatable bonds is 2. The van der Waals surface area contributed by atoms with E-state index in [1.165, 1.54) is 0 Å². The van der Waals surface area contributed by atoms with Crippen LogP contribution in [-0.4, -0.2) is 38.8 Å². The number of aromatic nitrogens is 3. The lowest BCUT2D eigenvalue weighted by Crippen LogP contribution is -2.39. The van der Waals surface area contributed by atoms with Crippen molar-refractivity contribution >= 4 is 5.91 Å². The zero-order valence-electron chi connectivity index (χ0n) is 11.0. The van der Waals surface area contributed by atoms with Crippen LogP contribution < -0.4 is 0 Å². The summed E-state index contributed by atoms with van der Waals surface area (Å²) in [6.45, 7) is 1.41. The molecule has 0 aliphatic carbocycles. The lowest BCUT2D eigenvalue weighted by molar-refractivity contribution is 0.0699. The van der Waals surface area contributed by atoms with Gasteiger partial charge in [-0.15, -0.1) is 0 Å². The molecule has 1 aliphatic rings. The monoisotopic (exact) mass is 269 g/mol. The summed E-state index contributed by atoms with van der Waals surface area (Å²) in [4.78, 5) is 24.5. The Bertz CT molecular complexity index is 637. The van der Waals surface area contributed by atoms with Gasteiger partial charge in [0.1, 0.15) is 17.6 Å². The molecule has 1 fully saturated rings. The zero-order valence-corrected chi connectivity index (χ0v) is 11.0. The van der Waals surface area contributed by atoms with Crippen LogP contribution in [-0.2, 0) is 0 Å². The number of aromatic amines is 2. The van der Waals surface area contributed by atoms with Gasteiger partial charge < -0.3 is 14.9 Å². The highest BCUT2D eigenvalue weighted by Crippen LogP contribution is 2.25. The van der Waals surface area contributed by atoms with E-state index in [9.17, 15) is 4.79 Å². The number of nitrogens with zero attached hydrogens (tertiary/aromatic N) is 3. The number of piperidine rings is 1. The summed E-state index contributed by atoms with van der Waals surface area (Å²) in [6.07, 6.45) is 7.09. The third kappa shape index (κ3) is 2.30. The molecule has 1 atom stereocenters. The average Bonchev–Trinajstić information content (AvgIpc) is 3.17. The molecule has 2 N–H and O–H groups in total. The molecule has 1 saturated heterocycles. The highest BCUT2D eigenvalue weighted by molar-refractivity contribution is 5.93. The summed E-state index contributed by atoms with van der Waals surface area (Å²) in [6, 6.07) is 3.62. The molecule has 2 aromatic heterocycles. The second kappa shape index (κ2) is 5.21. The molecule has 2 aromatic rings. The van der Waals surface area contributed by atoms with Crippen LogP contribution in [0.15, 0.2) is 24.7 Å². The predicted octanol–water partition coefficient (Wildman–Crippen LogP) is 1.63. The Kier molecular flexibility index (Phi) is 3.25. The Balaban J connectivity index is 1.73. The number of carbonyl (C=O) groups excluding carboxylic acids is 1. The molecule has 3 rings (SSSR count). The van der Waals surface area contributed by atoms with Crippen molar-refractivity contribution < 1.29 is 4.79 Å². The molecular weight excluding hydrogens is 254 g/mol. The van der Waals surface area contributed by atoms with Crippen molar-refractivity contribution in [2.45, 2.75) is 18.8 Å². The first-order chi connectivity index (χ1) is 9.78. The van der Waals surface area contributed by atoms with Gasteiger partial charge in [0.2, 0.25) is 0 Å². The fourth-order valence-electron chi connectivity index (χ4n) is 2.64. The van der Waals surface area contributed by atoms with Gasteiger partial charge in [-0.25, -0.2) is 4.98 Å². The van der Waals surface area contributed by atoms with Gasteiger partial charge in [0.25, 0.3) is 5.91 Å². The maximum Gasteiger partial charge on any atom is 0.270 e. The lowest BCUT2D eigenvalue weighted by Gasteiger charge is -2.31. The van der Waals surface area contributed by atoms with Gasteiger partial charge in [0, 0.05) is 37.6 Å². The van der Waals surface area contributed by atoms with E-state index in [4.69, 9.17) is 5.26 Å². The largest absolute Gasteiger partial charge is 0.356 e. The first kappa shape index (κ1) is 12.5. The van der Waals surface area contributed by atoms with Crippen molar-refractivity contribution in [1.29, 1.82) is 5.26 Å². The summed E-state index contributed by atoms with van der Waals surface area (Å²) >= 11 is 0. The van der Waals surface area contributed by atoms with E-state index in [-0.39, 0.29) is 11.8 Å². The number of amides is 1. The fourth-order valence-corrected chi connectivity index (χ4v) is 2.64. The quantitative estimate of drug-likeness (QED) is 0.868. The molecule has 1 amide bonds. The van der Waals surface area contributed by atoms with Crippen molar-refractivity contribution in [1.82, 2.24) is 19.9 Å². The molecule has 0 unspecified atom stereocenters. The van der Waals surface area contributed by atoms with E-state index in [0.29, 0.717) is 17.8 Å². The summed E-state index contributed by atoms with van der Waals surface area (Å²) in [5, 5.41) is 8.80.